The third-order valence-electron chi connectivity index (χ3n) is 7.28. The van der Waals surface area contributed by atoms with Gasteiger partial charge in [-0.2, -0.15) is 4.98 Å². The molecule has 10 nitrogen and oxygen atoms in total. The number of nitrogens with one attached hydrogen (secondary N) is 2. The Kier molecular flexibility index (Phi) is 7.27. The van der Waals surface area contributed by atoms with Gasteiger partial charge in [0.05, 0.1) is 13.2 Å². The number of anilines is 2. The Morgan fingerprint density at radius 2 is 2.06 bits per heavy atom. The highest BCUT2D eigenvalue weighted by Crippen LogP contribution is 2.45. The second kappa shape index (κ2) is 10.6. The number of aromatic nitrogens is 2. The van der Waals surface area contributed by atoms with Gasteiger partial charge in [0.25, 0.3) is 5.91 Å². The second-order valence-electron chi connectivity index (χ2n) is 9.88. The van der Waals surface area contributed by atoms with E-state index in [9.17, 15) is 14.7 Å². The predicted octanol–water partition coefficient (Wildman–Crippen LogP) is 1.19. The molecule has 2 unspecified atom stereocenters. The summed E-state index contributed by atoms with van der Waals surface area (Å²) in [6.07, 6.45) is 2.87. The number of hydrogen-bond donors (Lipinski definition) is 3. The third kappa shape index (κ3) is 5.55. The molecule has 2 atom stereocenters. The zero-order valence-electron chi connectivity index (χ0n) is 20.4. The summed E-state index contributed by atoms with van der Waals surface area (Å²) in [5, 5.41) is 16.1. The number of fused-ring (bicyclic) bond motifs is 1. The molecule has 3 aliphatic rings. The molecule has 192 valence electrons. The van der Waals surface area contributed by atoms with E-state index in [0.717, 1.165) is 37.0 Å². The molecule has 36 heavy (non-hydrogen) atoms. The van der Waals surface area contributed by atoms with Gasteiger partial charge in [0, 0.05) is 64.1 Å². The molecule has 1 aromatic carbocycles. The van der Waals surface area contributed by atoms with Crippen LogP contribution in [0.3, 0.4) is 0 Å². The number of carbonyl (C=O) groups excluding carboxylic acids is 2. The number of likely N-dealkylation sites (N-methyl/N-ethyl adjacent to an activating group) is 1. The summed E-state index contributed by atoms with van der Waals surface area (Å²) in [5.74, 6) is 2.40. The van der Waals surface area contributed by atoms with Crippen LogP contribution in [0.15, 0.2) is 24.4 Å². The van der Waals surface area contributed by atoms with Crippen molar-refractivity contribution in [1.29, 1.82) is 0 Å². The van der Waals surface area contributed by atoms with E-state index in [2.05, 4.69) is 20.5 Å². The molecule has 0 bridgehead atoms. The minimum absolute atomic E-state index is 0.0923. The summed E-state index contributed by atoms with van der Waals surface area (Å²) in [6, 6.07) is 5.48. The van der Waals surface area contributed by atoms with Gasteiger partial charge in [-0.05, 0) is 35.4 Å². The van der Waals surface area contributed by atoms with Crippen molar-refractivity contribution in [2.24, 2.45) is 11.8 Å². The van der Waals surface area contributed by atoms with Crippen molar-refractivity contribution in [2.45, 2.75) is 19.6 Å². The lowest BCUT2D eigenvalue weighted by Crippen LogP contribution is -2.50. The van der Waals surface area contributed by atoms with Gasteiger partial charge in [0.15, 0.2) is 0 Å². The monoisotopic (exact) mass is 513 g/mol. The number of piperazine rings is 1. The average Bonchev–Trinajstić information content (AvgIpc) is 3.49. The number of halogens is 1. The SMILES string of the molecule is CN1CCN(CCNC(=O)c2cnc(N3CC4CC4C3)nc2NCc2ccc(CO)c(Cl)c2)CC1=O. The first kappa shape index (κ1) is 24.7. The van der Waals surface area contributed by atoms with Crippen LogP contribution in [-0.4, -0.2) is 89.5 Å². The highest BCUT2D eigenvalue weighted by Gasteiger charge is 2.46. The molecule has 3 N–H and O–H groups in total. The maximum Gasteiger partial charge on any atom is 0.256 e. The number of piperidine rings is 1. The molecule has 3 fully saturated rings. The molecule has 2 saturated heterocycles. The summed E-state index contributed by atoms with van der Waals surface area (Å²) in [4.78, 5) is 40.2. The van der Waals surface area contributed by atoms with Gasteiger partial charge < -0.3 is 25.5 Å². The van der Waals surface area contributed by atoms with Gasteiger partial charge in [-0.25, -0.2) is 4.98 Å². The van der Waals surface area contributed by atoms with E-state index < -0.39 is 0 Å². The van der Waals surface area contributed by atoms with Crippen LogP contribution < -0.4 is 15.5 Å². The zero-order chi connectivity index (χ0) is 25.2. The quantitative estimate of drug-likeness (QED) is 0.458. The van der Waals surface area contributed by atoms with E-state index in [1.165, 1.54) is 6.42 Å². The molecule has 1 aliphatic carbocycles. The van der Waals surface area contributed by atoms with Crippen molar-refractivity contribution >= 4 is 35.2 Å². The first-order chi connectivity index (χ1) is 17.4. The Morgan fingerprint density at radius 3 is 2.78 bits per heavy atom. The Hall–Kier alpha value is -2.95. The van der Waals surface area contributed by atoms with Crippen LogP contribution in [0.4, 0.5) is 11.8 Å². The molecule has 3 heterocycles. The van der Waals surface area contributed by atoms with E-state index in [0.29, 0.717) is 60.6 Å². The number of benzene rings is 1. The van der Waals surface area contributed by atoms with Crippen molar-refractivity contribution < 1.29 is 14.7 Å². The van der Waals surface area contributed by atoms with E-state index in [4.69, 9.17) is 16.6 Å². The molecule has 1 saturated carbocycles. The smallest absolute Gasteiger partial charge is 0.256 e. The van der Waals surface area contributed by atoms with Crippen molar-refractivity contribution in [2.75, 3.05) is 63.1 Å². The van der Waals surface area contributed by atoms with Crippen molar-refractivity contribution in [3.8, 4) is 0 Å². The lowest BCUT2D eigenvalue weighted by molar-refractivity contribution is -0.134. The van der Waals surface area contributed by atoms with Crippen LogP contribution in [0.2, 0.25) is 5.02 Å². The zero-order valence-corrected chi connectivity index (χ0v) is 21.2. The molecule has 2 amide bonds. The Balaban J connectivity index is 1.26. The first-order valence-corrected chi connectivity index (χ1v) is 12.8. The van der Waals surface area contributed by atoms with Gasteiger partial charge in [0.2, 0.25) is 11.9 Å². The van der Waals surface area contributed by atoms with Crippen LogP contribution in [0.1, 0.15) is 27.9 Å². The van der Waals surface area contributed by atoms with Gasteiger partial charge in [-0.1, -0.05) is 23.7 Å². The van der Waals surface area contributed by atoms with Crippen LogP contribution in [0.5, 0.6) is 0 Å². The molecule has 2 aliphatic heterocycles. The topological polar surface area (TPSA) is 114 Å². The lowest BCUT2D eigenvalue weighted by atomic mass is 10.1. The summed E-state index contributed by atoms with van der Waals surface area (Å²) in [7, 11) is 1.81. The van der Waals surface area contributed by atoms with Crippen LogP contribution >= 0.6 is 11.6 Å². The average molecular weight is 514 g/mol. The minimum Gasteiger partial charge on any atom is -0.392 e. The Morgan fingerprint density at radius 1 is 1.25 bits per heavy atom. The van der Waals surface area contributed by atoms with Gasteiger partial charge in [-0.3, -0.25) is 14.5 Å². The third-order valence-corrected chi connectivity index (χ3v) is 7.63. The van der Waals surface area contributed by atoms with Crippen LogP contribution in [0, 0.1) is 11.8 Å². The molecular formula is C25H32ClN7O3. The largest absolute Gasteiger partial charge is 0.392 e. The molecule has 2 aromatic rings. The van der Waals surface area contributed by atoms with Gasteiger partial charge >= 0.3 is 0 Å². The first-order valence-electron chi connectivity index (χ1n) is 12.4. The molecule has 1 aromatic heterocycles. The van der Waals surface area contributed by atoms with Gasteiger partial charge in [-0.15, -0.1) is 0 Å². The van der Waals surface area contributed by atoms with E-state index in [-0.39, 0.29) is 18.4 Å². The second-order valence-corrected chi connectivity index (χ2v) is 10.3. The van der Waals surface area contributed by atoms with Crippen molar-refractivity contribution in [3.63, 3.8) is 0 Å². The summed E-state index contributed by atoms with van der Waals surface area (Å²) >= 11 is 6.25. The summed E-state index contributed by atoms with van der Waals surface area (Å²) < 4.78 is 0. The number of hydrogen-bond acceptors (Lipinski definition) is 8. The molecule has 0 radical (unpaired) electrons. The number of carbonyl (C=O) groups is 2. The fourth-order valence-corrected chi connectivity index (χ4v) is 5.09. The standard InChI is InChI=1S/C25H32ClN7O3/c1-31-6-7-32(14-22(31)35)5-4-27-24(36)20-11-29-25(33-12-18-9-19(18)13-33)30-23(20)28-10-16-2-3-17(15-34)21(26)8-16/h2-3,8,11,18-19,34H,4-7,9-10,12-15H2,1H3,(H,27,36)(H,28,29,30). The molecule has 11 heteroatoms. The van der Waals surface area contributed by atoms with E-state index in [1.807, 2.05) is 11.0 Å². The predicted molar refractivity (Wildman–Crippen MR) is 137 cm³/mol. The molecule has 0 spiro atoms. The van der Waals surface area contributed by atoms with E-state index in [1.54, 1.807) is 30.3 Å². The lowest BCUT2D eigenvalue weighted by Gasteiger charge is -2.31. The Bertz CT molecular complexity index is 1140. The number of rotatable bonds is 9. The van der Waals surface area contributed by atoms with Crippen LogP contribution in [0.25, 0.3) is 0 Å². The highest BCUT2D eigenvalue weighted by molar-refractivity contribution is 6.31. The number of aliphatic hydroxyl groups excluding tert-OH is 1. The summed E-state index contributed by atoms with van der Waals surface area (Å²) in [6.45, 7) is 5.07. The number of nitrogens with zero attached hydrogens (tertiary/aromatic N) is 5. The summed E-state index contributed by atoms with van der Waals surface area (Å²) in [5.41, 5.74) is 1.95. The normalized spacial score (nSPS) is 21.5. The maximum absolute atomic E-state index is 13.1. The van der Waals surface area contributed by atoms with E-state index >= 15 is 0 Å². The molecule has 5 rings (SSSR count). The number of amides is 2. The van der Waals surface area contributed by atoms with Gasteiger partial charge in [0.1, 0.15) is 11.4 Å². The van der Waals surface area contributed by atoms with Crippen LogP contribution in [-0.2, 0) is 17.9 Å². The Labute approximate surface area is 215 Å². The highest BCUT2D eigenvalue weighted by atomic mass is 35.5. The fraction of sp³-hybridized carbons (Fsp3) is 0.520. The van der Waals surface area contributed by atoms with Crippen molar-refractivity contribution in [3.05, 3.63) is 46.1 Å². The minimum atomic E-state index is -0.262. The number of aliphatic hydroxyl groups is 1. The fourth-order valence-electron chi connectivity index (χ4n) is 4.82. The maximum atomic E-state index is 13.1. The van der Waals surface area contributed by atoms with Crippen molar-refractivity contribution in [1.82, 2.24) is 25.1 Å². The molecular weight excluding hydrogens is 482 g/mol.